The summed E-state index contributed by atoms with van der Waals surface area (Å²) in [5.41, 5.74) is 0. The number of fused-ring (bicyclic) bond motifs is 1. The molecule has 1 aliphatic heterocycles. The predicted octanol–water partition coefficient (Wildman–Crippen LogP) is 2.82. The average Bonchev–Trinajstić information content (AvgIpc) is 2.56. The minimum Gasteiger partial charge on any atom is -0.481 e. The first kappa shape index (κ1) is 15.8. The van der Waals surface area contributed by atoms with Gasteiger partial charge in [0.2, 0.25) is 0 Å². The number of carbonyl (C=O) groups excluding carboxylic acids is 1. The normalized spacial score (nSPS) is 17.8. The number of nitrogens with one attached hydrogen (secondary N) is 1. The molecule has 2 aromatic carbocycles. The number of likely N-dealkylation sites (tertiary alicyclic amines) is 1. The lowest BCUT2D eigenvalue weighted by Crippen LogP contribution is -2.47. The molecule has 1 fully saturated rings. The van der Waals surface area contributed by atoms with Crippen molar-refractivity contribution in [1.29, 1.82) is 0 Å². The van der Waals surface area contributed by atoms with Crippen molar-refractivity contribution in [2.24, 2.45) is 0 Å². The summed E-state index contributed by atoms with van der Waals surface area (Å²) in [7, 11) is 2.11. The molecular weight excluding hydrogens is 288 g/mol. The van der Waals surface area contributed by atoms with Gasteiger partial charge in [0.25, 0.3) is 5.91 Å². The van der Waals surface area contributed by atoms with E-state index < -0.39 is 6.10 Å². The summed E-state index contributed by atoms with van der Waals surface area (Å²) in [6.07, 6.45) is 1.52. The van der Waals surface area contributed by atoms with Gasteiger partial charge in [-0.25, -0.2) is 0 Å². The Morgan fingerprint density at radius 1 is 1.17 bits per heavy atom. The highest BCUT2D eigenvalue weighted by Gasteiger charge is 2.22. The van der Waals surface area contributed by atoms with Crippen LogP contribution < -0.4 is 10.1 Å². The zero-order valence-electron chi connectivity index (χ0n) is 13.8. The van der Waals surface area contributed by atoms with Crippen LogP contribution >= 0.6 is 0 Å². The fourth-order valence-corrected chi connectivity index (χ4v) is 2.97. The van der Waals surface area contributed by atoms with E-state index in [1.807, 2.05) is 36.4 Å². The van der Waals surface area contributed by atoms with E-state index in [9.17, 15) is 4.79 Å². The van der Waals surface area contributed by atoms with Gasteiger partial charge >= 0.3 is 0 Å². The molecule has 122 valence electrons. The van der Waals surface area contributed by atoms with Crippen molar-refractivity contribution in [2.75, 3.05) is 20.1 Å². The van der Waals surface area contributed by atoms with Gasteiger partial charge in [0.1, 0.15) is 5.75 Å². The van der Waals surface area contributed by atoms with Crippen molar-refractivity contribution >= 4 is 16.7 Å². The number of piperidine rings is 1. The molecule has 0 aliphatic carbocycles. The van der Waals surface area contributed by atoms with Crippen LogP contribution in [0.3, 0.4) is 0 Å². The first-order valence-corrected chi connectivity index (χ1v) is 8.26. The number of hydrogen-bond acceptors (Lipinski definition) is 3. The van der Waals surface area contributed by atoms with Crippen LogP contribution in [0.2, 0.25) is 0 Å². The Hall–Kier alpha value is -2.07. The Balaban J connectivity index is 1.58. The quantitative estimate of drug-likeness (QED) is 0.944. The Kier molecular flexibility index (Phi) is 4.82. The summed E-state index contributed by atoms with van der Waals surface area (Å²) in [5.74, 6) is 0.697. The smallest absolute Gasteiger partial charge is 0.260 e. The Labute approximate surface area is 137 Å². The minimum absolute atomic E-state index is 0.0345. The van der Waals surface area contributed by atoms with Gasteiger partial charge < -0.3 is 15.0 Å². The molecule has 0 radical (unpaired) electrons. The Bertz CT molecular complexity index is 678. The molecule has 0 saturated carbocycles. The highest BCUT2D eigenvalue weighted by atomic mass is 16.5. The third kappa shape index (κ3) is 4.02. The molecule has 1 heterocycles. The number of nitrogens with zero attached hydrogens (tertiary/aromatic N) is 1. The van der Waals surface area contributed by atoms with Crippen LogP contribution in [0, 0.1) is 0 Å². The lowest BCUT2D eigenvalue weighted by Gasteiger charge is -2.30. The number of carbonyl (C=O) groups is 1. The van der Waals surface area contributed by atoms with E-state index in [-0.39, 0.29) is 11.9 Å². The van der Waals surface area contributed by atoms with Gasteiger partial charge in [-0.15, -0.1) is 0 Å². The summed E-state index contributed by atoms with van der Waals surface area (Å²) in [4.78, 5) is 14.6. The van der Waals surface area contributed by atoms with E-state index in [0.717, 1.165) is 37.1 Å². The minimum atomic E-state index is -0.490. The van der Waals surface area contributed by atoms with Gasteiger partial charge in [0.15, 0.2) is 6.10 Å². The molecule has 23 heavy (non-hydrogen) atoms. The van der Waals surface area contributed by atoms with E-state index in [1.165, 1.54) is 5.39 Å². The van der Waals surface area contributed by atoms with Crippen LogP contribution in [0.4, 0.5) is 0 Å². The molecular formula is C19H24N2O2. The average molecular weight is 312 g/mol. The molecule has 4 nitrogen and oxygen atoms in total. The molecule has 3 rings (SSSR count). The van der Waals surface area contributed by atoms with Crippen LogP contribution in [-0.4, -0.2) is 43.1 Å². The molecule has 0 spiro atoms. The fraction of sp³-hybridized carbons (Fsp3) is 0.421. The molecule has 0 bridgehead atoms. The van der Waals surface area contributed by atoms with Gasteiger partial charge in [-0.2, -0.15) is 0 Å². The second-order valence-electron chi connectivity index (χ2n) is 6.36. The summed E-state index contributed by atoms with van der Waals surface area (Å²) < 4.78 is 5.82. The van der Waals surface area contributed by atoms with Gasteiger partial charge in [-0.05, 0) is 62.8 Å². The van der Waals surface area contributed by atoms with Crippen LogP contribution in [0.5, 0.6) is 5.75 Å². The monoisotopic (exact) mass is 312 g/mol. The largest absolute Gasteiger partial charge is 0.481 e. The van der Waals surface area contributed by atoms with Gasteiger partial charge in [-0.3, -0.25) is 4.79 Å². The van der Waals surface area contributed by atoms with E-state index in [1.54, 1.807) is 6.92 Å². The number of hydrogen-bond donors (Lipinski definition) is 1. The third-order valence-corrected chi connectivity index (χ3v) is 4.47. The Morgan fingerprint density at radius 2 is 1.87 bits per heavy atom. The van der Waals surface area contributed by atoms with Crippen molar-refractivity contribution in [2.45, 2.75) is 31.9 Å². The summed E-state index contributed by atoms with van der Waals surface area (Å²) in [5, 5.41) is 5.39. The molecule has 4 heteroatoms. The second kappa shape index (κ2) is 7.01. The standard InChI is InChI=1S/C19H24N2O2/c1-14(19(22)20-17-9-11-21(2)12-10-17)23-18-8-7-15-5-3-4-6-16(15)13-18/h3-8,13-14,17H,9-12H2,1-2H3,(H,20,22)/t14-/m0/s1. The van der Waals surface area contributed by atoms with Crippen molar-refractivity contribution in [1.82, 2.24) is 10.2 Å². The fourth-order valence-electron chi connectivity index (χ4n) is 2.97. The SMILES string of the molecule is C[C@H](Oc1ccc2ccccc2c1)C(=O)NC1CCN(C)CC1. The zero-order chi connectivity index (χ0) is 16.2. The number of amides is 1. The number of benzene rings is 2. The first-order valence-electron chi connectivity index (χ1n) is 8.26. The molecule has 0 aromatic heterocycles. The molecule has 1 atom stereocenters. The van der Waals surface area contributed by atoms with E-state index in [4.69, 9.17) is 4.74 Å². The molecule has 2 aromatic rings. The van der Waals surface area contributed by atoms with E-state index in [2.05, 4.69) is 23.3 Å². The number of ether oxygens (including phenoxy) is 1. The highest BCUT2D eigenvalue weighted by Crippen LogP contribution is 2.21. The highest BCUT2D eigenvalue weighted by molar-refractivity contribution is 5.84. The first-order chi connectivity index (χ1) is 11.1. The third-order valence-electron chi connectivity index (χ3n) is 4.47. The molecule has 0 unspecified atom stereocenters. The van der Waals surface area contributed by atoms with E-state index >= 15 is 0 Å². The van der Waals surface area contributed by atoms with Gasteiger partial charge in [0.05, 0.1) is 0 Å². The maximum Gasteiger partial charge on any atom is 0.260 e. The van der Waals surface area contributed by atoms with Crippen LogP contribution in [0.25, 0.3) is 10.8 Å². The lowest BCUT2D eigenvalue weighted by atomic mass is 10.1. The summed E-state index contributed by atoms with van der Waals surface area (Å²) >= 11 is 0. The van der Waals surface area contributed by atoms with Crippen molar-refractivity contribution < 1.29 is 9.53 Å². The van der Waals surface area contributed by atoms with Gasteiger partial charge in [0, 0.05) is 6.04 Å². The topological polar surface area (TPSA) is 41.6 Å². The van der Waals surface area contributed by atoms with Crippen molar-refractivity contribution in [3.05, 3.63) is 42.5 Å². The van der Waals surface area contributed by atoms with E-state index in [0.29, 0.717) is 0 Å². The van der Waals surface area contributed by atoms with Crippen molar-refractivity contribution in [3.8, 4) is 5.75 Å². The van der Waals surface area contributed by atoms with Gasteiger partial charge in [-0.1, -0.05) is 30.3 Å². The van der Waals surface area contributed by atoms with Crippen LogP contribution in [0.15, 0.2) is 42.5 Å². The summed E-state index contributed by atoms with van der Waals surface area (Å²) in [6, 6.07) is 14.3. The Morgan fingerprint density at radius 3 is 2.61 bits per heavy atom. The second-order valence-corrected chi connectivity index (χ2v) is 6.36. The molecule has 1 saturated heterocycles. The zero-order valence-corrected chi connectivity index (χ0v) is 13.8. The van der Waals surface area contributed by atoms with Crippen LogP contribution in [0.1, 0.15) is 19.8 Å². The molecule has 1 N–H and O–H groups in total. The molecule has 1 aliphatic rings. The summed E-state index contributed by atoms with van der Waals surface area (Å²) in [6.45, 7) is 3.87. The molecule has 1 amide bonds. The maximum atomic E-state index is 12.3. The lowest BCUT2D eigenvalue weighted by molar-refractivity contribution is -0.128. The number of rotatable bonds is 4. The predicted molar refractivity (Wildman–Crippen MR) is 92.7 cm³/mol. The maximum absolute atomic E-state index is 12.3. The van der Waals surface area contributed by atoms with Crippen LogP contribution in [-0.2, 0) is 4.79 Å². The van der Waals surface area contributed by atoms with Crippen molar-refractivity contribution in [3.63, 3.8) is 0 Å².